The van der Waals surface area contributed by atoms with Crippen molar-refractivity contribution in [2.75, 3.05) is 0 Å². The molecule has 0 amide bonds. The minimum atomic E-state index is -3.12. The lowest BCUT2D eigenvalue weighted by Gasteiger charge is -2.17. The first-order chi connectivity index (χ1) is 9.81. The van der Waals surface area contributed by atoms with Crippen molar-refractivity contribution in [1.29, 1.82) is 0 Å². The molecule has 1 saturated heterocycles. The Hall–Kier alpha value is -1.45. The zero-order chi connectivity index (χ0) is 15.7. The van der Waals surface area contributed by atoms with Crippen molar-refractivity contribution in [3.8, 4) is 0 Å². The van der Waals surface area contributed by atoms with Gasteiger partial charge in [-0.2, -0.15) is 0 Å². The molecule has 0 bridgehead atoms. The number of hydrogen-bond acceptors (Lipinski definition) is 6. The molecule has 0 radical (unpaired) electrons. The Kier molecular flexibility index (Phi) is 4.64. The Bertz CT molecular complexity index is 645. The largest absolute Gasteiger partial charge is 0.695 e. The predicted octanol–water partition coefficient (Wildman–Crippen LogP) is -0.812. The van der Waals surface area contributed by atoms with Crippen molar-refractivity contribution in [3.63, 3.8) is 0 Å². The van der Waals surface area contributed by atoms with E-state index >= 15 is 0 Å². The monoisotopic (exact) mass is 323 g/mol. The zero-order valence-corrected chi connectivity index (χ0v) is 11.6. The van der Waals surface area contributed by atoms with Crippen LogP contribution in [0.3, 0.4) is 0 Å². The molecule has 2 unspecified atom stereocenters. The summed E-state index contributed by atoms with van der Waals surface area (Å²) >= 11 is 0. The van der Waals surface area contributed by atoms with Crippen LogP contribution in [-0.2, 0) is 13.8 Å². The topological polar surface area (TPSA) is 131 Å². The van der Waals surface area contributed by atoms with Gasteiger partial charge in [0, 0.05) is 16.8 Å². The second-order valence-electron chi connectivity index (χ2n) is 4.50. The summed E-state index contributed by atoms with van der Waals surface area (Å²) in [5.74, 6) is 0. The molecule has 1 aliphatic heterocycles. The number of nitrogens with one attached hydrogen (secondary N) is 1. The quantitative estimate of drug-likeness (QED) is 0.617. The normalized spacial score (nSPS) is 31.1. The molecule has 3 N–H and O–H groups in total. The molecule has 1 fully saturated rings. The summed E-state index contributed by atoms with van der Waals surface area (Å²) < 4.78 is 35.6. The fourth-order valence-electron chi connectivity index (χ4n) is 2.11. The molecule has 2 rings (SSSR count). The lowest BCUT2D eigenvalue weighted by molar-refractivity contribution is -0.0756. The van der Waals surface area contributed by atoms with Crippen molar-refractivity contribution in [2.45, 2.75) is 37.6 Å². The van der Waals surface area contributed by atoms with Gasteiger partial charge in [-0.05, 0) is 6.92 Å². The second-order valence-corrected chi connectivity index (χ2v) is 5.19. The summed E-state index contributed by atoms with van der Waals surface area (Å²) in [7, 11) is -3.12. The molecule has 9 nitrogen and oxygen atoms in total. The minimum absolute atomic E-state index is 0.664. The van der Waals surface area contributed by atoms with Gasteiger partial charge in [0.05, 0.1) is 6.10 Å². The van der Waals surface area contributed by atoms with Crippen LogP contribution < -0.4 is 11.2 Å². The summed E-state index contributed by atoms with van der Waals surface area (Å²) in [5.41, 5.74) is -1.57. The van der Waals surface area contributed by atoms with Gasteiger partial charge in [-0.25, -0.2) is 9.18 Å². The van der Waals surface area contributed by atoms with Gasteiger partial charge in [-0.15, -0.1) is 9.42 Å². The lowest BCUT2D eigenvalue weighted by atomic mass is 10.1. The maximum Gasteiger partial charge on any atom is 0.695 e. The van der Waals surface area contributed by atoms with Crippen LogP contribution in [0.2, 0.25) is 0 Å². The number of nitrogens with zero attached hydrogens (tertiary/aromatic N) is 1. The number of aliphatic hydroxyl groups excluding tert-OH is 1. The van der Waals surface area contributed by atoms with E-state index in [1.807, 2.05) is 4.98 Å². The average molecular weight is 323 g/mol. The van der Waals surface area contributed by atoms with E-state index in [0.717, 1.165) is 16.8 Å². The first-order valence-electron chi connectivity index (χ1n) is 5.93. The van der Waals surface area contributed by atoms with Crippen LogP contribution in [-0.4, -0.2) is 44.0 Å². The minimum Gasteiger partial charge on any atom is -0.391 e. The first-order valence-corrected chi connectivity index (χ1v) is 7.06. The molecule has 116 valence electrons. The van der Waals surface area contributed by atoms with E-state index < -0.39 is 50.2 Å². The number of aliphatic hydroxyl groups is 1. The number of rotatable bonds is 4. The Morgan fingerprint density at radius 1 is 1.57 bits per heavy atom. The molecule has 11 heteroatoms. The number of hydrogen-bond donors (Lipinski definition) is 3. The number of H-pyrrole nitrogens is 1. The number of halogens is 1. The molecule has 0 aliphatic carbocycles. The van der Waals surface area contributed by atoms with E-state index in [-0.39, 0.29) is 0 Å². The molecule has 0 aromatic carbocycles. The van der Waals surface area contributed by atoms with E-state index in [0.29, 0.717) is 0 Å². The average Bonchev–Trinajstić information content (AvgIpc) is 2.67. The maximum absolute atomic E-state index is 14.3. The fourth-order valence-corrected chi connectivity index (χ4v) is 2.56. The summed E-state index contributed by atoms with van der Waals surface area (Å²) in [6.07, 6.45) is -6.42. The number of aromatic nitrogens is 2. The van der Waals surface area contributed by atoms with Crippen LogP contribution in [0, 0.1) is 0 Å². The van der Waals surface area contributed by atoms with Crippen molar-refractivity contribution in [1.82, 2.24) is 9.55 Å². The molecule has 1 aromatic heterocycles. The van der Waals surface area contributed by atoms with Gasteiger partial charge in [-0.1, -0.05) is 0 Å². The number of aromatic amines is 1. The summed E-state index contributed by atoms with van der Waals surface area (Å²) in [5, 5.41) is 9.54. The third-order valence-electron chi connectivity index (χ3n) is 3.02. The van der Waals surface area contributed by atoms with Gasteiger partial charge in [0.15, 0.2) is 18.5 Å². The van der Waals surface area contributed by atoms with E-state index in [9.17, 15) is 23.7 Å². The van der Waals surface area contributed by atoms with E-state index in [1.54, 1.807) is 0 Å². The van der Waals surface area contributed by atoms with Gasteiger partial charge in [0.1, 0.15) is 6.10 Å². The zero-order valence-electron chi connectivity index (χ0n) is 10.7. The third-order valence-corrected chi connectivity index (χ3v) is 3.44. The van der Waals surface area contributed by atoms with Crippen molar-refractivity contribution < 1.29 is 28.2 Å². The molecule has 21 heavy (non-hydrogen) atoms. The Balaban J connectivity index is 2.35. The van der Waals surface area contributed by atoms with E-state index in [1.165, 1.54) is 6.92 Å². The van der Waals surface area contributed by atoms with Crippen molar-refractivity contribution in [2.24, 2.45) is 0 Å². The predicted molar refractivity (Wildman–Crippen MR) is 66.5 cm³/mol. The summed E-state index contributed by atoms with van der Waals surface area (Å²) in [6, 6.07) is 0.996. The molecular weight excluding hydrogens is 310 g/mol. The Morgan fingerprint density at radius 3 is 2.76 bits per heavy atom. The van der Waals surface area contributed by atoms with Crippen LogP contribution in [0.15, 0.2) is 21.9 Å². The highest BCUT2D eigenvalue weighted by atomic mass is 31.1. The highest BCUT2D eigenvalue weighted by Crippen LogP contribution is 2.38. The Morgan fingerprint density at radius 2 is 2.24 bits per heavy atom. The van der Waals surface area contributed by atoms with Gasteiger partial charge in [0.25, 0.3) is 5.56 Å². The van der Waals surface area contributed by atoms with Crippen LogP contribution in [0.25, 0.3) is 0 Å². The van der Waals surface area contributed by atoms with E-state index in [4.69, 9.17) is 9.63 Å². The second kappa shape index (κ2) is 6.12. The smallest absolute Gasteiger partial charge is 0.391 e. The molecule has 1 aromatic rings. The number of alkyl halides is 1. The molecule has 0 spiro atoms. The highest BCUT2D eigenvalue weighted by Gasteiger charge is 2.53. The Labute approximate surface area is 117 Å². The maximum atomic E-state index is 14.3. The third kappa shape index (κ3) is 3.25. The van der Waals surface area contributed by atoms with Crippen LogP contribution >= 0.6 is 8.25 Å². The SMILES string of the molecule is C[C@@H](O)[C@H]1O[C@@H](n2ccc(=O)[nH]c2=O)C(F)[C@H]1O[P+](=O)O. The highest BCUT2D eigenvalue weighted by molar-refractivity contribution is 7.32. The standard InChI is InChI=1S/C10H12FN2O7P/c1-4(14)7-8(20-21(17)18)6(11)9(19-7)13-3-2-5(15)12-10(13)16/h2-4,6-9,14H,1H3,(H-,12,15,16,17,18)/p+1/t4-,6?,7-,8-,9-/m1/s1. The van der Waals surface area contributed by atoms with Gasteiger partial charge in [-0.3, -0.25) is 14.3 Å². The number of ether oxygens (including phenoxy) is 1. The van der Waals surface area contributed by atoms with Crippen LogP contribution in [0.5, 0.6) is 0 Å². The first kappa shape index (κ1) is 15.9. The van der Waals surface area contributed by atoms with Crippen LogP contribution in [0.4, 0.5) is 4.39 Å². The van der Waals surface area contributed by atoms with Gasteiger partial charge >= 0.3 is 13.9 Å². The molecule has 6 atom stereocenters. The molecule has 2 heterocycles. The molecule has 1 aliphatic rings. The van der Waals surface area contributed by atoms with Crippen molar-refractivity contribution >= 4 is 8.25 Å². The summed E-state index contributed by atoms with van der Waals surface area (Å²) in [6.45, 7) is 1.29. The lowest BCUT2D eigenvalue weighted by Crippen LogP contribution is -2.37. The van der Waals surface area contributed by atoms with E-state index in [2.05, 4.69) is 4.52 Å². The molecule has 0 saturated carbocycles. The van der Waals surface area contributed by atoms with Crippen LogP contribution in [0.1, 0.15) is 13.2 Å². The van der Waals surface area contributed by atoms with Gasteiger partial charge in [0.2, 0.25) is 0 Å². The summed E-state index contributed by atoms with van der Waals surface area (Å²) in [4.78, 5) is 33.3. The van der Waals surface area contributed by atoms with Gasteiger partial charge < -0.3 is 9.84 Å². The molecular formula is C10H13FN2O7P+. The van der Waals surface area contributed by atoms with Crippen molar-refractivity contribution in [3.05, 3.63) is 33.1 Å². The fraction of sp³-hybridized carbons (Fsp3) is 0.600.